The molecular weight excluding hydrogens is 501 g/mol. The number of nitrogens with two attached hydrogens (primary N) is 1. The van der Waals surface area contributed by atoms with Crippen LogP contribution in [0.25, 0.3) is 10.8 Å². The van der Waals surface area contributed by atoms with Crippen LogP contribution in [0.2, 0.25) is 0 Å². The Hall–Kier alpha value is -2.91. The highest BCUT2D eigenvalue weighted by Crippen LogP contribution is 2.36. The number of rotatable bonds is 11. The molecule has 2 aromatic carbocycles. The predicted molar refractivity (Wildman–Crippen MR) is 153 cm³/mol. The zero-order chi connectivity index (χ0) is 28.0. The number of nitrogens with one attached hydrogen (secondary N) is 1. The van der Waals surface area contributed by atoms with E-state index in [0.717, 1.165) is 73.9 Å². The number of unbranched alkanes of at least 4 members (excludes halogenated alkanes) is 4. The van der Waals surface area contributed by atoms with Gasteiger partial charge in [-0.25, -0.2) is 0 Å². The number of benzene rings is 2. The van der Waals surface area contributed by atoms with Crippen LogP contribution in [0, 0.1) is 13.8 Å². The molecule has 1 saturated heterocycles. The van der Waals surface area contributed by atoms with Gasteiger partial charge < -0.3 is 16.0 Å². The first-order chi connectivity index (χ1) is 18.7. The highest BCUT2D eigenvalue weighted by molar-refractivity contribution is 5.95. The molecule has 0 amide bonds. The second-order valence-electron chi connectivity index (χ2n) is 10.6. The molecule has 212 valence electrons. The van der Waals surface area contributed by atoms with Crippen LogP contribution in [0.5, 0.6) is 0 Å². The summed E-state index contributed by atoms with van der Waals surface area (Å²) in [7, 11) is 0. The maximum Gasteiger partial charge on any atom is 0.416 e. The number of hydrogen-bond donors (Lipinski definition) is 2. The van der Waals surface area contributed by atoms with E-state index in [1.165, 1.54) is 38.7 Å². The summed E-state index contributed by atoms with van der Waals surface area (Å²) in [6.45, 7) is 11.2. The first-order valence-electron chi connectivity index (χ1n) is 14.1. The molecular formula is C30H41F3N6. The van der Waals surface area contributed by atoms with E-state index in [-0.39, 0.29) is 11.6 Å². The van der Waals surface area contributed by atoms with E-state index in [1.807, 2.05) is 13.8 Å². The van der Waals surface area contributed by atoms with Crippen molar-refractivity contribution in [1.82, 2.24) is 15.1 Å². The van der Waals surface area contributed by atoms with Crippen LogP contribution in [0.1, 0.15) is 67.5 Å². The highest BCUT2D eigenvalue weighted by atomic mass is 19.4. The maximum absolute atomic E-state index is 13.5. The summed E-state index contributed by atoms with van der Waals surface area (Å²) in [4.78, 5) is 4.94. The van der Waals surface area contributed by atoms with Crippen molar-refractivity contribution in [3.63, 3.8) is 0 Å². The minimum absolute atomic E-state index is 0.225. The lowest BCUT2D eigenvalue weighted by Gasteiger charge is -2.36. The van der Waals surface area contributed by atoms with Gasteiger partial charge in [-0.3, -0.25) is 4.90 Å². The van der Waals surface area contributed by atoms with Gasteiger partial charge in [-0.2, -0.15) is 18.3 Å². The summed E-state index contributed by atoms with van der Waals surface area (Å²) >= 11 is 0. The number of piperazine rings is 1. The highest BCUT2D eigenvalue weighted by Gasteiger charge is 2.33. The van der Waals surface area contributed by atoms with E-state index >= 15 is 0 Å². The van der Waals surface area contributed by atoms with Crippen molar-refractivity contribution < 1.29 is 13.2 Å². The molecule has 1 aliphatic heterocycles. The third kappa shape index (κ3) is 7.19. The Bertz CT molecular complexity index is 1240. The monoisotopic (exact) mass is 542 g/mol. The molecule has 3 N–H and O–H groups in total. The minimum atomic E-state index is -4.39. The van der Waals surface area contributed by atoms with E-state index < -0.39 is 11.7 Å². The van der Waals surface area contributed by atoms with Crippen LogP contribution in [-0.4, -0.2) is 54.4 Å². The van der Waals surface area contributed by atoms with Crippen molar-refractivity contribution in [1.29, 1.82) is 0 Å². The molecule has 2 heterocycles. The second kappa shape index (κ2) is 13.0. The molecule has 4 rings (SSSR count). The van der Waals surface area contributed by atoms with Crippen LogP contribution in [0.4, 0.5) is 24.7 Å². The topological polar surface area (TPSA) is 70.3 Å². The molecule has 3 aromatic rings. The number of aryl methyl sites for hydroxylation is 1. The van der Waals surface area contributed by atoms with E-state index in [2.05, 4.69) is 43.5 Å². The normalized spacial score (nSPS) is 15.6. The summed E-state index contributed by atoms with van der Waals surface area (Å²) in [5.41, 5.74) is 7.73. The smallest absolute Gasteiger partial charge is 0.369 e. The van der Waals surface area contributed by atoms with E-state index in [4.69, 9.17) is 5.73 Å². The molecule has 6 nitrogen and oxygen atoms in total. The lowest BCUT2D eigenvalue weighted by atomic mass is 9.97. The van der Waals surface area contributed by atoms with Gasteiger partial charge in [-0.15, -0.1) is 5.10 Å². The third-order valence-corrected chi connectivity index (χ3v) is 7.86. The molecule has 1 aromatic heterocycles. The molecule has 0 aliphatic carbocycles. The average Bonchev–Trinajstić information content (AvgIpc) is 2.92. The van der Waals surface area contributed by atoms with E-state index in [9.17, 15) is 13.2 Å². The van der Waals surface area contributed by atoms with E-state index in [1.54, 1.807) is 6.07 Å². The zero-order valence-corrected chi connectivity index (χ0v) is 23.3. The van der Waals surface area contributed by atoms with Gasteiger partial charge in [-0.1, -0.05) is 37.5 Å². The number of fused-ring (bicyclic) bond motifs is 1. The number of anilines is 2. The molecule has 1 aliphatic rings. The summed E-state index contributed by atoms with van der Waals surface area (Å²) < 4.78 is 40.4. The van der Waals surface area contributed by atoms with Crippen LogP contribution in [0.15, 0.2) is 36.4 Å². The second-order valence-corrected chi connectivity index (χ2v) is 10.6. The maximum atomic E-state index is 13.5. The zero-order valence-electron chi connectivity index (χ0n) is 23.3. The van der Waals surface area contributed by atoms with Crippen molar-refractivity contribution in [3.8, 4) is 0 Å². The summed E-state index contributed by atoms with van der Waals surface area (Å²) in [6, 6.07) is 10.3. The molecule has 0 radical (unpaired) electrons. The van der Waals surface area contributed by atoms with Crippen molar-refractivity contribution >= 4 is 22.3 Å². The molecule has 0 bridgehead atoms. The number of alkyl halides is 3. The summed E-state index contributed by atoms with van der Waals surface area (Å²) in [6.07, 6.45) is 1.72. The Morgan fingerprint density at radius 3 is 2.36 bits per heavy atom. The van der Waals surface area contributed by atoms with Gasteiger partial charge in [0.05, 0.1) is 17.3 Å². The van der Waals surface area contributed by atoms with Crippen molar-refractivity contribution in [2.24, 2.45) is 5.73 Å². The fraction of sp³-hybridized carbons (Fsp3) is 0.533. The number of nitrogens with zero attached hydrogens (tertiary/aromatic N) is 4. The molecule has 1 atom stereocenters. The third-order valence-electron chi connectivity index (χ3n) is 7.86. The van der Waals surface area contributed by atoms with E-state index in [0.29, 0.717) is 11.4 Å². The Morgan fingerprint density at radius 2 is 1.64 bits per heavy atom. The first-order valence-corrected chi connectivity index (χ1v) is 14.1. The van der Waals surface area contributed by atoms with Crippen molar-refractivity contribution in [2.45, 2.75) is 65.1 Å². The fourth-order valence-electron chi connectivity index (χ4n) is 5.53. The van der Waals surface area contributed by atoms with Gasteiger partial charge in [0.1, 0.15) is 0 Å². The predicted octanol–water partition coefficient (Wildman–Crippen LogP) is 6.47. The molecule has 1 fully saturated rings. The Labute approximate surface area is 229 Å². The van der Waals surface area contributed by atoms with Crippen LogP contribution >= 0.6 is 0 Å². The molecule has 0 spiro atoms. The van der Waals surface area contributed by atoms with Crippen LogP contribution < -0.4 is 16.0 Å². The Balaban J connectivity index is 1.46. The van der Waals surface area contributed by atoms with Crippen LogP contribution in [-0.2, 0) is 6.18 Å². The Kier molecular flexibility index (Phi) is 9.67. The van der Waals surface area contributed by atoms with Gasteiger partial charge in [0.15, 0.2) is 5.82 Å². The fourth-order valence-corrected chi connectivity index (χ4v) is 5.53. The van der Waals surface area contributed by atoms with Crippen LogP contribution in [0.3, 0.4) is 0 Å². The van der Waals surface area contributed by atoms with Gasteiger partial charge in [0, 0.05) is 42.6 Å². The van der Waals surface area contributed by atoms with Gasteiger partial charge >= 0.3 is 6.18 Å². The summed E-state index contributed by atoms with van der Waals surface area (Å²) in [5.74, 6) is 0.579. The van der Waals surface area contributed by atoms with Gasteiger partial charge in [-0.05, 0) is 76.0 Å². The Morgan fingerprint density at radius 1 is 0.923 bits per heavy atom. The number of halogens is 3. The number of aromatic nitrogens is 2. The van der Waals surface area contributed by atoms with Gasteiger partial charge in [0.25, 0.3) is 0 Å². The first kappa shape index (κ1) is 29.1. The quantitative estimate of drug-likeness (QED) is 0.271. The molecule has 9 heteroatoms. The lowest BCUT2D eigenvalue weighted by molar-refractivity contribution is -0.138. The lowest BCUT2D eigenvalue weighted by Crippen LogP contribution is -2.46. The number of hydrogen-bond acceptors (Lipinski definition) is 6. The van der Waals surface area contributed by atoms with Crippen molar-refractivity contribution in [3.05, 3.63) is 58.8 Å². The largest absolute Gasteiger partial charge is 0.416 e. The SMILES string of the molecule is Cc1c([C@@H](C)Nc2nnc(C)c3ccc(N4CCN(CCCCCCCN)CC4)cc23)cccc1C(F)(F)F. The minimum Gasteiger partial charge on any atom is -0.369 e. The summed E-state index contributed by atoms with van der Waals surface area (Å²) in [5, 5.41) is 14.0. The molecule has 0 saturated carbocycles. The van der Waals surface area contributed by atoms with Crippen molar-refractivity contribution in [2.75, 3.05) is 49.5 Å². The average molecular weight is 543 g/mol. The molecule has 0 unspecified atom stereocenters. The van der Waals surface area contributed by atoms with Gasteiger partial charge in [0.2, 0.25) is 0 Å². The standard InChI is InChI=1S/C30H41F3N6/c1-21-25(10-9-11-28(21)30(31,32)33)22(2)35-29-27-20-24(12-13-26(27)23(3)36-37-29)39-18-16-38(17-19-39)15-8-6-4-5-7-14-34/h9-13,20,22H,4-8,14-19,34H2,1-3H3,(H,35,37)/t22-/m1/s1. The molecule has 39 heavy (non-hydrogen) atoms.